The SMILES string of the molecule is CC(C)c1ccc2oc(=O)cc(-c3oc4ccccc4c3NC(=O)c3ccc(C(C)(C)C)cc3)c2c1. The molecule has 36 heavy (non-hydrogen) atoms. The van der Waals surface area contributed by atoms with Crippen LogP contribution in [0, 0.1) is 0 Å². The smallest absolute Gasteiger partial charge is 0.336 e. The van der Waals surface area contributed by atoms with Crippen molar-refractivity contribution in [3.63, 3.8) is 0 Å². The summed E-state index contributed by atoms with van der Waals surface area (Å²) >= 11 is 0. The van der Waals surface area contributed by atoms with Crippen molar-refractivity contribution in [3.05, 3.63) is 99.9 Å². The van der Waals surface area contributed by atoms with Crippen LogP contribution in [0.3, 0.4) is 0 Å². The van der Waals surface area contributed by atoms with Gasteiger partial charge in [-0.3, -0.25) is 4.79 Å². The molecule has 0 unspecified atom stereocenters. The number of hydrogen-bond donors (Lipinski definition) is 1. The highest BCUT2D eigenvalue weighted by molar-refractivity contribution is 6.13. The maximum absolute atomic E-state index is 13.3. The minimum atomic E-state index is -0.481. The number of carbonyl (C=O) groups is 1. The summed E-state index contributed by atoms with van der Waals surface area (Å²) < 4.78 is 11.7. The second kappa shape index (κ2) is 8.83. The Morgan fingerprint density at radius 3 is 2.22 bits per heavy atom. The largest absolute Gasteiger partial charge is 0.454 e. The number of amides is 1. The van der Waals surface area contributed by atoms with Crippen LogP contribution in [0.2, 0.25) is 0 Å². The number of carbonyl (C=O) groups excluding carboxylic acids is 1. The highest BCUT2D eigenvalue weighted by Crippen LogP contribution is 2.41. The average molecular weight is 480 g/mol. The lowest BCUT2D eigenvalue weighted by molar-refractivity contribution is 0.102. The van der Waals surface area contributed by atoms with E-state index in [0.29, 0.717) is 39.7 Å². The molecule has 0 atom stereocenters. The van der Waals surface area contributed by atoms with E-state index < -0.39 is 5.63 Å². The average Bonchev–Trinajstić information content (AvgIpc) is 3.20. The molecule has 5 heteroatoms. The third-order valence-electron chi connectivity index (χ3n) is 6.52. The van der Waals surface area contributed by atoms with Crippen LogP contribution in [0.25, 0.3) is 33.3 Å². The number of fused-ring (bicyclic) bond motifs is 2. The fourth-order valence-electron chi connectivity index (χ4n) is 4.39. The minimum Gasteiger partial charge on any atom is -0.454 e. The predicted molar refractivity (Wildman–Crippen MR) is 145 cm³/mol. The first-order valence-electron chi connectivity index (χ1n) is 12.1. The van der Waals surface area contributed by atoms with Gasteiger partial charge in [0.05, 0.1) is 5.69 Å². The van der Waals surface area contributed by atoms with Crippen LogP contribution in [0.5, 0.6) is 0 Å². The Labute approximate surface area is 209 Å². The lowest BCUT2D eigenvalue weighted by Gasteiger charge is -2.19. The van der Waals surface area contributed by atoms with Gasteiger partial charge in [-0.15, -0.1) is 0 Å². The van der Waals surface area contributed by atoms with Gasteiger partial charge in [0.15, 0.2) is 5.76 Å². The number of furan rings is 1. The zero-order chi connectivity index (χ0) is 25.6. The summed E-state index contributed by atoms with van der Waals surface area (Å²) in [6, 6.07) is 22.4. The fraction of sp³-hybridized carbons (Fsp3) is 0.226. The van der Waals surface area contributed by atoms with Gasteiger partial charge in [0.2, 0.25) is 0 Å². The number of para-hydroxylation sites is 1. The predicted octanol–water partition coefficient (Wildman–Crippen LogP) is 7.88. The molecule has 0 saturated carbocycles. The van der Waals surface area contributed by atoms with E-state index in [2.05, 4.69) is 39.9 Å². The van der Waals surface area contributed by atoms with E-state index in [1.807, 2.05) is 66.7 Å². The first-order chi connectivity index (χ1) is 17.1. The van der Waals surface area contributed by atoms with Crippen LogP contribution in [-0.2, 0) is 5.41 Å². The van der Waals surface area contributed by atoms with E-state index in [0.717, 1.165) is 21.9 Å². The maximum Gasteiger partial charge on any atom is 0.336 e. The van der Waals surface area contributed by atoms with E-state index >= 15 is 0 Å². The van der Waals surface area contributed by atoms with Gasteiger partial charge in [0.25, 0.3) is 5.91 Å². The summed E-state index contributed by atoms with van der Waals surface area (Å²) in [7, 11) is 0. The molecule has 5 rings (SSSR count). The molecule has 0 radical (unpaired) electrons. The van der Waals surface area contributed by atoms with Crippen LogP contribution in [-0.4, -0.2) is 5.91 Å². The normalized spacial score (nSPS) is 11.9. The summed E-state index contributed by atoms with van der Waals surface area (Å²) in [4.78, 5) is 25.8. The van der Waals surface area contributed by atoms with Crippen molar-refractivity contribution in [1.29, 1.82) is 0 Å². The standard InChI is InChI=1S/C31H29NO4/c1-18(2)20-12-15-26-23(16-20)24(17-27(33)35-26)29-28(22-8-6-7-9-25(22)36-29)32-30(34)19-10-13-21(14-11-19)31(3,4)5/h6-18H,1-5H3,(H,32,34). The third kappa shape index (κ3) is 4.33. The summed E-state index contributed by atoms with van der Waals surface area (Å²) in [5.74, 6) is 0.466. The van der Waals surface area contributed by atoms with Gasteiger partial charge in [-0.1, -0.05) is 65.0 Å². The highest BCUT2D eigenvalue weighted by atomic mass is 16.4. The van der Waals surface area contributed by atoms with Crippen molar-refractivity contribution in [3.8, 4) is 11.3 Å². The van der Waals surface area contributed by atoms with Gasteiger partial charge < -0.3 is 14.2 Å². The first kappa shape index (κ1) is 23.6. The molecule has 0 aliphatic carbocycles. The molecule has 5 nitrogen and oxygen atoms in total. The molecule has 1 amide bonds. The molecule has 5 aromatic rings. The van der Waals surface area contributed by atoms with Crippen molar-refractivity contribution in [2.45, 2.75) is 46.0 Å². The Hall–Kier alpha value is -4.12. The van der Waals surface area contributed by atoms with Crippen LogP contribution < -0.4 is 10.9 Å². The van der Waals surface area contributed by atoms with E-state index in [4.69, 9.17) is 8.83 Å². The number of benzene rings is 3. The Morgan fingerprint density at radius 1 is 0.833 bits per heavy atom. The molecule has 0 spiro atoms. The lowest BCUT2D eigenvalue weighted by atomic mass is 9.86. The van der Waals surface area contributed by atoms with Gasteiger partial charge in [-0.2, -0.15) is 0 Å². The Bertz CT molecular complexity index is 1650. The van der Waals surface area contributed by atoms with Crippen LogP contribution in [0.15, 0.2) is 86.4 Å². The third-order valence-corrected chi connectivity index (χ3v) is 6.52. The zero-order valence-corrected chi connectivity index (χ0v) is 21.1. The van der Waals surface area contributed by atoms with Crippen LogP contribution in [0.1, 0.15) is 62.0 Å². The van der Waals surface area contributed by atoms with Crippen molar-refractivity contribution in [2.24, 2.45) is 0 Å². The molecule has 182 valence electrons. The Balaban J connectivity index is 1.66. The van der Waals surface area contributed by atoms with Gasteiger partial charge >= 0.3 is 5.63 Å². The van der Waals surface area contributed by atoms with Crippen molar-refractivity contribution in [1.82, 2.24) is 0 Å². The molecule has 2 aromatic heterocycles. The Kier molecular flexibility index (Phi) is 5.79. The molecule has 0 bridgehead atoms. The van der Waals surface area contributed by atoms with E-state index in [1.165, 1.54) is 6.07 Å². The summed E-state index contributed by atoms with van der Waals surface area (Å²) in [6.45, 7) is 10.6. The van der Waals surface area contributed by atoms with Crippen LogP contribution in [0.4, 0.5) is 5.69 Å². The fourth-order valence-corrected chi connectivity index (χ4v) is 4.39. The van der Waals surface area contributed by atoms with E-state index in [1.54, 1.807) is 0 Å². The van der Waals surface area contributed by atoms with E-state index in [9.17, 15) is 9.59 Å². The van der Waals surface area contributed by atoms with E-state index in [-0.39, 0.29) is 11.3 Å². The van der Waals surface area contributed by atoms with Crippen molar-refractivity contribution < 1.29 is 13.6 Å². The molecule has 0 saturated heterocycles. The number of nitrogens with one attached hydrogen (secondary N) is 1. The Morgan fingerprint density at radius 2 is 1.53 bits per heavy atom. The molecular weight excluding hydrogens is 450 g/mol. The molecule has 3 aromatic carbocycles. The van der Waals surface area contributed by atoms with Gasteiger partial charge in [-0.25, -0.2) is 4.79 Å². The molecular formula is C31H29NO4. The highest BCUT2D eigenvalue weighted by Gasteiger charge is 2.22. The van der Waals surface area contributed by atoms with Gasteiger partial charge in [-0.05, 0) is 58.9 Å². The summed E-state index contributed by atoms with van der Waals surface area (Å²) in [6.07, 6.45) is 0. The molecule has 0 aliphatic heterocycles. The number of anilines is 1. The first-order valence-corrected chi connectivity index (χ1v) is 12.1. The quantitative estimate of drug-likeness (QED) is 0.266. The topological polar surface area (TPSA) is 72.5 Å². The van der Waals surface area contributed by atoms with Crippen molar-refractivity contribution >= 4 is 33.5 Å². The minimum absolute atomic E-state index is 0.00671. The number of rotatable bonds is 4. The molecule has 2 heterocycles. The molecule has 1 N–H and O–H groups in total. The monoisotopic (exact) mass is 479 g/mol. The molecule has 0 aliphatic rings. The lowest BCUT2D eigenvalue weighted by Crippen LogP contribution is -2.14. The molecule has 0 fully saturated rings. The second-order valence-electron chi connectivity index (χ2n) is 10.5. The van der Waals surface area contributed by atoms with Crippen molar-refractivity contribution in [2.75, 3.05) is 5.32 Å². The zero-order valence-electron chi connectivity index (χ0n) is 21.1. The second-order valence-corrected chi connectivity index (χ2v) is 10.5. The van der Waals surface area contributed by atoms with Crippen LogP contribution >= 0.6 is 0 Å². The van der Waals surface area contributed by atoms with Gasteiger partial charge in [0, 0.05) is 28.0 Å². The summed E-state index contributed by atoms with van der Waals surface area (Å²) in [5.41, 5.74) is 4.51. The van der Waals surface area contributed by atoms with Gasteiger partial charge in [0.1, 0.15) is 11.2 Å². The summed E-state index contributed by atoms with van der Waals surface area (Å²) in [5, 5.41) is 4.58. The number of hydrogen-bond acceptors (Lipinski definition) is 4. The maximum atomic E-state index is 13.3.